The van der Waals surface area contributed by atoms with Gasteiger partial charge in [0.2, 0.25) is 0 Å². The van der Waals surface area contributed by atoms with Crippen LogP contribution in [0.2, 0.25) is 5.02 Å². The molecule has 0 spiro atoms. The number of carboxylic acid groups (broad SMARTS) is 1. The molecule has 0 fully saturated rings. The van der Waals surface area contributed by atoms with Crippen molar-refractivity contribution in [3.8, 4) is 0 Å². The van der Waals surface area contributed by atoms with Crippen LogP contribution >= 0.6 is 27.5 Å². The summed E-state index contributed by atoms with van der Waals surface area (Å²) in [6, 6.07) is 4.26. The number of urea groups is 1. The Labute approximate surface area is 116 Å². The second-order valence-electron chi connectivity index (χ2n) is 3.29. The molecule has 0 radical (unpaired) electrons. The van der Waals surface area contributed by atoms with E-state index in [4.69, 9.17) is 21.8 Å². The number of hydrogen-bond donors (Lipinski definition) is 4. The lowest BCUT2D eigenvalue weighted by atomic mass is 10.3. The number of halogens is 2. The van der Waals surface area contributed by atoms with Gasteiger partial charge in [-0.25, -0.2) is 9.59 Å². The molecule has 1 atom stereocenters. The molecule has 0 saturated carbocycles. The van der Waals surface area contributed by atoms with Crippen molar-refractivity contribution in [2.45, 2.75) is 6.10 Å². The van der Waals surface area contributed by atoms with Crippen LogP contribution in [0.3, 0.4) is 0 Å². The van der Waals surface area contributed by atoms with Crippen LogP contribution < -0.4 is 10.6 Å². The summed E-state index contributed by atoms with van der Waals surface area (Å²) in [5.74, 6) is -1.40. The third kappa shape index (κ3) is 4.17. The van der Waals surface area contributed by atoms with Crippen molar-refractivity contribution in [2.75, 3.05) is 11.9 Å². The van der Waals surface area contributed by atoms with E-state index in [-0.39, 0.29) is 6.54 Å². The van der Waals surface area contributed by atoms with Crippen LogP contribution in [0.4, 0.5) is 10.5 Å². The second-order valence-corrected chi connectivity index (χ2v) is 4.49. The lowest BCUT2D eigenvalue weighted by Crippen LogP contribution is -2.38. The van der Waals surface area contributed by atoms with E-state index in [0.717, 1.165) is 0 Å². The third-order valence-corrected chi connectivity index (χ3v) is 3.34. The minimum absolute atomic E-state index is 0.390. The monoisotopic (exact) mass is 336 g/mol. The SMILES string of the molecule is O=C(NC[C@H](O)C(=O)O)Nc1cccc(Cl)c1Br. The fourth-order valence-electron chi connectivity index (χ4n) is 1.04. The Morgan fingerprint density at radius 1 is 1.44 bits per heavy atom. The maximum absolute atomic E-state index is 11.4. The molecule has 4 N–H and O–H groups in total. The minimum Gasteiger partial charge on any atom is -0.479 e. The van der Waals surface area contributed by atoms with E-state index in [1.807, 2.05) is 0 Å². The van der Waals surface area contributed by atoms with E-state index in [9.17, 15) is 9.59 Å². The molecule has 18 heavy (non-hydrogen) atoms. The van der Waals surface area contributed by atoms with Gasteiger partial charge in [0.1, 0.15) is 0 Å². The average Bonchev–Trinajstić information content (AvgIpc) is 2.32. The van der Waals surface area contributed by atoms with Crippen molar-refractivity contribution in [3.05, 3.63) is 27.7 Å². The van der Waals surface area contributed by atoms with Crippen LogP contribution in [0.1, 0.15) is 0 Å². The van der Waals surface area contributed by atoms with Gasteiger partial charge in [0.15, 0.2) is 6.10 Å². The number of rotatable bonds is 4. The molecule has 1 aromatic rings. The summed E-state index contributed by atoms with van der Waals surface area (Å²) in [7, 11) is 0. The molecule has 0 aliphatic rings. The molecule has 0 bridgehead atoms. The van der Waals surface area contributed by atoms with Crippen molar-refractivity contribution in [2.24, 2.45) is 0 Å². The number of aliphatic carboxylic acids is 1. The van der Waals surface area contributed by atoms with Gasteiger partial charge in [-0.15, -0.1) is 0 Å². The van der Waals surface area contributed by atoms with E-state index in [1.165, 1.54) is 0 Å². The molecule has 2 amide bonds. The van der Waals surface area contributed by atoms with Gasteiger partial charge in [-0.3, -0.25) is 0 Å². The lowest BCUT2D eigenvalue weighted by Gasteiger charge is -2.11. The molecule has 0 unspecified atom stereocenters. The summed E-state index contributed by atoms with van der Waals surface area (Å²) >= 11 is 9.02. The standard InChI is InChI=1S/C10H10BrClN2O4/c11-8-5(12)2-1-3-6(8)14-10(18)13-4-7(15)9(16)17/h1-3,7,15H,4H2,(H,16,17)(H2,13,14,18)/t7-/m0/s1. The second kappa shape index (κ2) is 6.58. The summed E-state index contributed by atoms with van der Waals surface area (Å²) in [5.41, 5.74) is 0.435. The first kappa shape index (κ1) is 14.7. The fourth-order valence-corrected chi connectivity index (χ4v) is 1.58. The van der Waals surface area contributed by atoms with Gasteiger partial charge in [0.25, 0.3) is 0 Å². The van der Waals surface area contributed by atoms with E-state index in [2.05, 4.69) is 26.6 Å². The molecule has 0 aliphatic heterocycles. The van der Waals surface area contributed by atoms with E-state index >= 15 is 0 Å². The van der Waals surface area contributed by atoms with Crippen LogP contribution in [0, 0.1) is 0 Å². The summed E-state index contributed by atoms with van der Waals surface area (Å²) in [4.78, 5) is 21.7. The molecule has 0 aromatic heterocycles. The Kier molecular flexibility index (Phi) is 5.39. The maximum Gasteiger partial charge on any atom is 0.334 e. The van der Waals surface area contributed by atoms with Gasteiger partial charge in [-0.05, 0) is 28.1 Å². The van der Waals surface area contributed by atoms with Crippen molar-refractivity contribution in [3.63, 3.8) is 0 Å². The summed E-state index contributed by atoms with van der Waals surface area (Å²) in [6.45, 7) is -0.390. The number of carbonyl (C=O) groups excluding carboxylic acids is 1. The number of amides is 2. The number of carbonyl (C=O) groups is 2. The van der Waals surface area contributed by atoms with Crippen molar-refractivity contribution < 1.29 is 19.8 Å². The highest BCUT2D eigenvalue weighted by molar-refractivity contribution is 9.10. The Morgan fingerprint density at radius 3 is 2.72 bits per heavy atom. The molecule has 6 nitrogen and oxygen atoms in total. The number of nitrogens with one attached hydrogen (secondary N) is 2. The maximum atomic E-state index is 11.4. The van der Waals surface area contributed by atoms with Crippen molar-refractivity contribution in [1.82, 2.24) is 5.32 Å². The third-order valence-electron chi connectivity index (χ3n) is 1.94. The number of benzene rings is 1. The molecule has 8 heteroatoms. The van der Waals surface area contributed by atoms with Gasteiger partial charge in [0.05, 0.1) is 21.7 Å². The highest BCUT2D eigenvalue weighted by Gasteiger charge is 2.14. The molecule has 0 saturated heterocycles. The topological polar surface area (TPSA) is 98.7 Å². The highest BCUT2D eigenvalue weighted by atomic mass is 79.9. The normalized spacial score (nSPS) is 11.7. The van der Waals surface area contributed by atoms with Gasteiger partial charge in [-0.1, -0.05) is 17.7 Å². The predicted octanol–water partition coefficient (Wildman–Crippen LogP) is 1.67. The summed E-state index contributed by atoms with van der Waals surface area (Å²) < 4.78 is 0.514. The van der Waals surface area contributed by atoms with Crippen LogP contribution in [-0.4, -0.2) is 34.9 Å². The smallest absolute Gasteiger partial charge is 0.334 e. The Morgan fingerprint density at radius 2 is 2.11 bits per heavy atom. The number of aliphatic hydroxyl groups is 1. The van der Waals surface area contributed by atoms with Crippen molar-refractivity contribution in [1.29, 1.82) is 0 Å². The summed E-state index contributed by atoms with van der Waals surface area (Å²) in [6.07, 6.45) is -1.64. The van der Waals surface area contributed by atoms with E-state index in [0.29, 0.717) is 15.2 Å². The molecular weight excluding hydrogens is 327 g/mol. The highest BCUT2D eigenvalue weighted by Crippen LogP contribution is 2.29. The molecule has 1 rings (SSSR count). The predicted molar refractivity (Wildman–Crippen MR) is 69.8 cm³/mol. The number of anilines is 1. The zero-order chi connectivity index (χ0) is 13.7. The quantitative estimate of drug-likeness (QED) is 0.671. The van der Waals surface area contributed by atoms with Gasteiger partial charge in [0, 0.05) is 0 Å². The van der Waals surface area contributed by atoms with Gasteiger partial charge < -0.3 is 20.8 Å². The van der Waals surface area contributed by atoms with E-state index < -0.39 is 18.1 Å². The molecule has 0 aliphatic carbocycles. The Bertz CT molecular complexity index is 469. The first-order chi connectivity index (χ1) is 8.41. The number of hydrogen-bond acceptors (Lipinski definition) is 3. The lowest BCUT2D eigenvalue weighted by molar-refractivity contribution is -0.146. The van der Waals surface area contributed by atoms with Gasteiger partial charge >= 0.3 is 12.0 Å². The first-order valence-electron chi connectivity index (χ1n) is 4.81. The summed E-state index contributed by atoms with van der Waals surface area (Å²) in [5, 5.41) is 22.5. The average molecular weight is 338 g/mol. The zero-order valence-electron chi connectivity index (χ0n) is 8.98. The Hall–Kier alpha value is -1.31. The molecule has 98 valence electrons. The number of carboxylic acids is 1. The minimum atomic E-state index is -1.64. The Balaban J connectivity index is 2.55. The van der Waals surface area contributed by atoms with Crippen LogP contribution in [0.5, 0.6) is 0 Å². The first-order valence-corrected chi connectivity index (χ1v) is 5.98. The van der Waals surface area contributed by atoms with Gasteiger partial charge in [-0.2, -0.15) is 0 Å². The van der Waals surface area contributed by atoms with Crippen LogP contribution in [-0.2, 0) is 4.79 Å². The molecule has 1 aromatic carbocycles. The largest absolute Gasteiger partial charge is 0.479 e. The molecule has 0 heterocycles. The van der Waals surface area contributed by atoms with Crippen LogP contribution in [0.25, 0.3) is 0 Å². The van der Waals surface area contributed by atoms with E-state index in [1.54, 1.807) is 18.2 Å². The number of aliphatic hydroxyl groups excluding tert-OH is 1. The van der Waals surface area contributed by atoms with Crippen molar-refractivity contribution >= 4 is 45.2 Å². The molecular formula is C10H10BrClN2O4. The fraction of sp³-hybridized carbons (Fsp3) is 0.200. The zero-order valence-corrected chi connectivity index (χ0v) is 11.3. The van der Waals surface area contributed by atoms with Crippen LogP contribution in [0.15, 0.2) is 22.7 Å².